The maximum absolute atomic E-state index is 12.4. The first-order valence-electron chi connectivity index (χ1n) is 8.45. The number of nitrogens with zero attached hydrogens (tertiary/aromatic N) is 3. The summed E-state index contributed by atoms with van der Waals surface area (Å²) in [4.78, 5) is 21.6. The van der Waals surface area contributed by atoms with E-state index in [1.807, 2.05) is 24.3 Å². The molecule has 0 unspecified atom stereocenters. The molecular formula is C21H14N4O2S. The number of hydrogen-bond acceptors (Lipinski definition) is 6. The molecule has 0 bridgehead atoms. The molecule has 0 aliphatic heterocycles. The Kier molecular flexibility index (Phi) is 4.95. The molecule has 1 N–H and O–H groups in total. The number of oxazole rings is 1. The minimum absolute atomic E-state index is 0.219. The molecule has 0 spiro atoms. The zero-order chi connectivity index (χ0) is 19.3. The van der Waals surface area contributed by atoms with Gasteiger partial charge in [0.1, 0.15) is 0 Å². The van der Waals surface area contributed by atoms with Gasteiger partial charge in [-0.1, -0.05) is 24.3 Å². The summed E-state index contributed by atoms with van der Waals surface area (Å²) in [7, 11) is 0. The van der Waals surface area contributed by atoms with Crippen LogP contribution in [0.4, 0.5) is 5.13 Å². The molecule has 1 amide bonds. The fourth-order valence-corrected chi connectivity index (χ4v) is 3.50. The zero-order valence-electron chi connectivity index (χ0n) is 14.6. The van der Waals surface area contributed by atoms with Gasteiger partial charge in [-0.15, -0.1) is 11.3 Å². The van der Waals surface area contributed by atoms with Crippen molar-refractivity contribution in [3.63, 3.8) is 0 Å². The summed E-state index contributed by atoms with van der Waals surface area (Å²) < 4.78 is 5.24. The SMILES string of the molecule is N#Cc1ccc(Cc2cnc(NC(=O)c3ccc(-c4cnco4)cc3)s2)cc1. The number of amides is 1. The number of thiazole rings is 1. The van der Waals surface area contributed by atoms with E-state index in [2.05, 4.69) is 21.4 Å². The first-order chi connectivity index (χ1) is 13.7. The quantitative estimate of drug-likeness (QED) is 0.545. The molecule has 136 valence electrons. The summed E-state index contributed by atoms with van der Waals surface area (Å²) in [5, 5.41) is 12.2. The zero-order valence-corrected chi connectivity index (χ0v) is 15.4. The normalized spacial score (nSPS) is 10.4. The van der Waals surface area contributed by atoms with Crippen molar-refractivity contribution in [2.45, 2.75) is 6.42 Å². The number of benzene rings is 2. The van der Waals surface area contributed by atoms with Crippen LogP contribution in [-0.4, -0.2) is 15.9 Å². The van der Waals surface area contributed by atoms with E-state index < -0.39 is 0 Å². The van der Waals surface area contributed by atoms with Gasteiger partial charge in [0.25, 0.3) is 5.91 Å². The van der Waals surface area contributed by atoms with Gasteiger partial charge in [-0.05, 0) is 29.8 Å². The van der Waals surface area contributed by atoms with Crippen molar-refractivity contribution in [1.82, 2.24) is 9.97 Å². The molecule has 0 saturated heterocycles. The second-order valence-electron chi connectivity index (χ2n) is 6.01. The maximum Gasteiger partial charge on any atom is 0.257 e. The smallest absolute Gasteiger partial charge is 0.257 e. The van der Waals surface area contributed by atoms with E-state index in [0.717, 1.165) is 16.0 Å². The molecule has 0 saturated carbocycles. The van der Waals surface area contributed by atoms with E-state index in [-0.39, 0.29) is 5.91 Å². The van der Waals surface area contributed by atoms with Crippen LogP contribution in [-0.2, 0) is 6.42 Å². The number of rotatable bonds is 5. The van der Waals surface area contributed by atoms with Crippen LogP contribution >= 0.6 is 11.3 Å². The fourth-order valence-electron chi connectivity index (χ4n) is 2.66. The number of carbonyl (C=O) groups excluding carboxylic acids is 1. The predicted molar refractivity (Wildman–Crippen MR) is 106 cm³/mol. The van der Waals surface area contributed by atoms with Crippen molar-refractivity contribution in [2.75, 3.05) is 5.32 Å². The highest BCUT2D eigenvalue weighted by atomic mass is 32.1. The van der Waals surface area contributed by atoms with Crippen LogP contribution in [0, 0.1) is 11.3 Å². The number of nitrogens with one attached hydrogen (secondary N) is 1. The molecule has 7 heteroatoms. The lowest BCUT2D eigenvalue weighted by Gasteiger charge is -2.03. The molecular weight excluding hydrogens is 372 g/mol. The summed E-state index contributed by atoms with van der Waals surface area (Å²) in [5.74, 6) is 0.433. The molecule has 4 rings (SSSR count). The van der Waals surface area contributed by atoms with E-state index in [4.69, 9.17) is 9.68 Å². The van der Waals surface area contributed by atoms with Crippen molar-refractivity contribution in [3.8, 4) is 17.4 Å². The van der Waals surface area contributed by atoms with Gasteiger partial charge >= 0.3 is 0 Å². The van der Waals surface area contributed by atoms with Crippen LogP contribution in [0.1, 0.15) is 26.4 Å². The van der Waals surface area contributed by atoms with Gasteiger partial charge < -0.3 is 4.42 Å². The Labute approximate surface area is 165 Å². The van der Waals surface area contributed by atoms with Crippen molar-refractivity contribution >= 4 is 22.4 Å². The average Bonchev–Trinajstić information content (AvgIpc) is 3.41. The lowest BCUT2D eigenvalue weighted by molar-refractivity contribution is 0.102. The Morgan fingerprint density at radius 3 is 2.57 bits per heavy atom. The molecule has 28 heavy (non-hydrogen) atoms. The number of aromatic nitrogens is 2. The third-order valence-electron chi connectivity index (χ3n) is 4.10. The predicted octanol–water partition coefficient (Wildman–Crippen LogP) is 4.51. The second-order valence-corrected chi connectivity index (χ2v) is 7.13. The Morgan fingerprint density at radius 2 is 1.89 bits per heavy atom. The van der Waals surface area contributed by atoms with Gasteiger partial charge in [-0.3, -0.25) is 10.1 Å². The van der Waals surface area contributed by atoms with E-state index in [1.54, 1.807) is 36.7 Å². The van der Waals surface area contributed by atoms with Crippen LogP contribution in [0.3, 0.4) is 0 Å². The van der Waals surface area contributed by atoms with Crippen LogP contribution < -0.4 is 5.32 Å². The molecule has 0 aliphatic carbocycles. The highest BCUT2D eigenvalue weighted by molar-refractivity contribution is 7.15. The summed E-state index contributed by atoms with van der Waals surface area (Å²) in [6.45, 7) is 0. The highest BCUT2D eigenvalue weighted by Gasteiger charge is 2.10. The largest absolute Gasteiger partial charge is 0.444 e. The van der Waals surface area contributed by atoms with Gasteiger partial charge in [0.15, 0.2) is 17.3 Å². The van der Waals surface area contributed by atoms with Crippen molar-refractivity contribution < 1.29 is 9.21 Å². The standard InChI is InChI=1S/C21H14N4O2S/c22-10-15-3-1-14(2-4-15)9-18-11-24-21(28-18)25-20(26)17-7-5-16(6-8-17)19-12-23-13-27-19/h1-8,11-13H,9H2,(H,24,25,26). The first-order valence-corrected chi connectivity index (χ1v) is 9.27. The first kappa shape index (κ1) is 17.6. The monoisotopic (exact) mass is 386 g/mol. The summed E-state index contributed by atoms with van der Waals surface area (Å²) in [5.41, 5.74) is 3.11. The van der Waals surface area contributed by atoms with E-state index in [9.17, 15) is 4.79 Å². The number of carbonyl (C=O) groups is 1. The maximum atomic E-state index is 12.4. The summed E-state index contributed by atoms with van der Waals surface area (Å²) >= 11 is 1.43. The molecule has 0 aliphatic rings. The van der Waals surface area contributed by atoms with E-state index in [0.29, 0.717) is 28.4 Å². The van der Waals surface area contributed by atoms with Gasteiger partial charge in [0.05, 0.1) is 17.8 Å². The number of anilines is 1. The molecule has 2 heterocycles. The molecule has 2 aromatic carbocycles. The van der Waals surface area contributed by atoms with E-state index >= 15 is 0 Å². The molecule has 0 fully saturated rings. The van der Waals surface area contributed by atoms with Gasteiger partial charge in [0.2, 0.25) is 0 Å². The van der Waals surface area contributed by atoms with Crippen LogP contribution in [0.2, 0.25) is 0 Å². The van der Waals surface area contributed by atoms with Gasteiger partial charge in [-0.25, -0.2) is 9.97 Å². The highest BCUT2D eigenvalue weighted by Crippen LogP contribution is 2.23. The van der Waals surface area contributed by atoms with E-state index in [1.165, 1.54) is 17.7 Å². The lowest BCUT2D eigenvalue weighted by Crippen LogP contribution is -2.11. The molecule has 4 aromatic rings. The van der Waals surface area contributed by atoms with Crippen LogP contribution in [0.15, 0.2) is 71.7 Å². The minimum atomic E-state index is -0.219. The summed E-state index contributed by atoms with van der Waals surface area (Å²) in [6, 6.07) is 16.6. The number of nitriles is 1. The Balaban J connectivity index is 1.40. The average molecular weight is 386 g/mol. The van der Waals surface area contributed by atoms with Crippen molar-refractivity contribution in [2.24, 2.45) is 0 Å². The Morgan fingerprint density at radius 1 is 1.11 bits per heavy atom. The lowest BCUT2D eigenvalue weighted by atomic mass is 10.1. The van der Waals surface area contributed by atoms with Gasteiger partial charge in [0, 0.05) is 28.6 Å². The van der Waals surface area contributed by atoms with Gasteiger partial charge in [-0.2, -0.15) is 5.26 Å². The third-order valence-corrected chi connectivity index (χ3v) is 5.01. The Hall–Kier alpha value is -3.76. The van der Waals surface area contributed by atoms with Crippen LogP contribution in [0.5, 0.6) is 0 Å². The van der Waals surface area contributed by atoms with Crippen molar-refractivity contribution in [1.29, 1.82) is 5.26 Å². The minimum Gasteiger partial charge on any atom is -0.444 e. The van der Waals surface area contributed by atoms with Crippen molar-refractivity contribution in [3.05, 3.63) is 88.9 Å². The third kappa shape index (κ3) is 3.98. The topological polar surface area (TPSA) is 91.8 Å². The number of hydrogen-bond donors (Lipinski definition) is 1. The molecule has 2 aromatic heterocycles. The molecule has 6 nitrogen and oxygen atoms in total. The Bertz CT molecular complexity index is 1120. The summed E-state index contributed by atoms with van der Waals surface area (Å²) in [6.07, 6.45) is 5.45. The second kappa shape index (κ2) is 7.86. The fraction of sp³-hybridized carbons (Fsp3) is 0.0476. The molecule has 0 atom stereocenters. The molecule has 0 radical (unpaired) electrons. The van der Waals surface area contributed by atoms with Crippen LogP contribution in [0.25, 0.3) is 11.3 Å².